The Morgan fingerprint density at radius 1 is 0.725 bits per heavy atom. The third kappa shape index (κ3) is 28.6. The second-order valence-electron chi connectivity index (χ2n) is 15.9. The van der Waals surface area contributed by atoms with Crippen molar-refractivity contribution >= 4 is 17.5 Å². The molecule has 1 aliphatic rings. The maximum Gasteiger partial charge on any atom is 0.306 e. The van der Waals surface area contributed by atoms with Crippen molar-refractivity contribution < 1.29 is 23.9 Å². The molecule has 7 heteroatoms. The molecule has 1 heterocycles. The summed E-state index contributed by atoms with van der Waals surface area (Å²) < 4.78 is 12.2. The summed E-state index contributed by atoms with van der Waals surface area (Å²) >= 11 is 0. The van der Waals surface area contributed by atoms with Crippen molar-refractivity contribution in [2.24, 2.45) is 5.92 Å². The van der Waals surface area contributed by atoms with Crippen LogP contribution in [0.1, 0.15) is 188 Å². The van der Waals surface area contributed by atoms with Crippen molar-refractivity contribution in [3.63, 3.8) is 0 Å². The van der Waals surface area contributed by atoms with Crippen molar-refractivity contribution in [3.8, 4) is 0 Å². The first-order valence-corrected chi connectivity index (χ1v) is 21.6. The van der Waals surface area contributed by atoms with Crippen LogP contribution in [0, 0.1) is 5.92 Å². The molecular formula is C44H82N2O5. The maximum atomic E-state index is 12.7. The van der Waals surface area contributed by atoms with Crippen LogP contribution in [0.15, 0.2) is 12.2 Å². The smallest absolute Gasteiger partial charge is 0.306 e. The molecule has 0 unspecified atom stereocenters. The number of unbranched alkanes of at least 4 members (excludes halogenated alkanes) is 16. The number of ether oxygens (including phenoxy) is 2. The van der Waals surface area contributed by atoms with Crippen molar-refractivity contribution in [2.75, 3.05) is 46.9 Å². The van der Waals surface area contributed by atoms with E-state index < -0.39 is 0 Å². The molecule has 0 spiro atoms. The molecule has 1 fully saturated rings. The van der Waals surface area contributed by atoms with Crippen LogP contribution in [-0.4, -0.2) is 86.4 Å². The number of hydrogen-bond donors (Lipinski definition) is 0. The zero-order chi connectivity index (χ0) is 37.4. The van der Waals surface area contributed by atoms with Gasteiger partial charge >= 0.3 is 5.97 Å². The molecule has 0 bridgehead atoms. The van der Waals surface area contributed by atoms with Gasteiger partial charge < -0.3 is 19.2 Å². The number of likely N-dealkylation sites (tertiary alicyclic amines) is 1. The highest BCUT2D eigenvalue weighted by Gasteiger charge is 2.30. The molecular weight excluding hydrogens is 636 g/mol. The molecule has 0 aromatic rings. The van der Waals surface area contributed by atoms with Crippen LogP contribution >= 0.6 is 0 Å². The van der Waals surface area contributed by atoms with Crippen LogP contribution < -0.4 is 0 Å². The second kappa shape index (κ2) is 33.0. The van der Waals surface area contributed by atoms with E-state index in [0.29, 0.717) is 31.2 Å². The van der Waals surface area contributed by atoms with E-state index in [1.54, 1.807) is 13.0 Å². The molecule has 0 aromatic carbocycles. The van der Waals surface area contributed by atoms with Crippen molar-refractivity contribution in [2.45, 2.75) is 200 Å². The van der Waals surface area contributed by atoms with E-state index in [1.807, 2.05) is 19.0 Å². The minimum Gasteiger partial charge on any atom is -0.462 e. The SMILES string of the molecule is CCCCCCCCC(CCCCCCCC)OC(=O)CCCCCCCOC[C@@H]1C[C@H](/C=C/C(=O)CCN(C)C)CN1CCCCCC(C)=O. The molecule has 298 valence electrons. The van der Waals surface area contributed by atoms with Gasteiger partial charge in [0.05, 0.1) is 6.61 Å². The number of Topliss-reactive ketones (excluding diaryl/α,β-unsaturated/α-hetero) is 1. The molecule has 0 saturated carbocycles. The van der Waals surface area contributed by atoms with E-state index in [0.717, 1.165) is 103 Å². The van der Waals surface area contributed by atoms with Crippen LogP contribution in [0.2, 0.25) is 0 Å². The molecule has 51 heavy (non-hydrogen) atoms. The van der Waals surface area contributed by atoms with E-state index in [-0.39, 0.29) is 23.6 Å². The van der Waals surface area contributed by atoms with Crippen molar-refractivity contribution in [1.82, 2.24) is 9.80 Å². The first-order valence-electron chi connectivity index (χ1n) is 21.6. The average Bonchev–Trinajstić information content (AvgIpc) is 3.49. The lowest BCUT2D eigenvalue weighted by molar-refractivity contribution is -0.150. The molecule has 0 radical (unpaired) electrons. The monoisotopic (exact) mass is 719 g/mol. The number of carbonyl (C=O) groups is 3. The molecule has 0 aromatic heterocycles. The molecule has 1 saturated heterocycles. The maximum absolute atomic E-state index is 12.7. The van der Waals surface area contributed by atoms with Crippen molar-refractivity contribution in [1.29, 1.82) is 0 Å². The van der Waals surface area contributed by atoms with Gasteiger partial charge in [0.1, 0.15) is 11.9 Å². The van der Waals surface area contributed by atoms with Gasteiger partial charge in [-0.25, -0.2) is 0 Å². The Kier molecular flexibility index (Phi) is 30.7. The van der Waals surface area contributed by atoms with E-state index in [4.69, 9.17) is 9.47 Å². The number of allylic oxidation sites excluding steroid dienone is 1. The number of ketones is 2. The zero-order valence-corrected chi connectivity index (χ0v) is 34.2. The fourth-order valence-electron chi connectivity index (χ4n) is 7.17. The fourth-order valence-corrected chi connectivity index (χ4v) is 7.17. The number of hydrogen-bond acceptors (Lipinski definition) is 7. The highest BCUT2D eigenvalue weighted by atomic mass is 16.5. The molecule has 2 atom stereocenters. The molecule has 0 amide bonds. The Balaban J connectivity index is 2.32. The van der Waals surface area contributed by atoms with E-state index in [1.165, 1.54) is 77.0 Å². The quantitative estimate of drug-likeness (QED) is 0.0363. The van der Waals surface area contributed by atoms with Crippen molar-refractivity contribution in [3.05, 3.63) is 12.2 Å². The lowest BCUT2D eigenvalue weighted by Gasteiger charge is -2.24. The predicted octanol–water partition coefficient (Wildman–Crippen LogP) is 10.7. The van der Waals surface area contributed by atoms with Crippen LogP contribution in [-0.2, 0) is 23.9 Å². The average molecular weight is 719 g/mol. The lowest BCUT2D eigenvalue weighted by atomic mass is 10.0. The molecule has 1 aliphatic heterocycles. The summed E-state index contributed by atoms with van der Waals surface area (Å²) in [5.74, 6) is 0.862. The highest BCUT2D eigenvalue weighted by molar-refractivity contribution is 5.89. The molecule has 0 aliphatic carbocycles. The Morgan fingerprint density at radius 2 is 1.29 bits per heavy atom. The first-order chi connectivity index (χ1) is 24.7. The topological polar surface area (TPSA) is 76.2 Å². The summed E-state index contributed by atoms with van der Waals surface area (Å²) in [6, 6.07) is 0.376. The normalized spacial score (nSPS) is 16.6. The first kappa shape index (κ1) is 47.5. The van der Waals surface area contributed by atoms with Crippen LogP contribution in [0.4, 0.5) is 0 Å². The lowest BCUT2D eigenvalue weighted by Crippen LogP contribution is -2.34. The van der Waals surface area contributed by atoms with E-state index in [2.05, 4.69) is 24.8 Å². The largest absolute Gasteiger partial charge is 0.462 e. The third-order valence-electron chi connectivity index (χ3n) is 10.4. The number of nitrogens with zero attached hydrogens (tertiary/aromatic N) is 2. The van der Waals surface area contributed by atoms with Gasteiger partial charge in [-0.3, -0.25) is 14.5 Å². The standard InChI is InChI=1S/C44H82N2O5/c1-6-8-10-12-15-21-27-43(28-22-16-13-11-9-7-2)51-44(49)29-23-17-14-18-25-35-50-38-41-36-40(30-31-42(48)32-34-45(4)5)37-46(41)33-24-19-20-26-39(3)47/h30-31,40-41,43H,6-29,32-38H2,1-5H3/b31-30+/t40-,41-/m0/s1. The summed E-state index contributed by atoms with van der Waals surface area (Å²) in [4.78, 5) is 40.9. The molecule has 0 N–H and O–H groups in total. The van der Waals surface area contributed by atoms with Crippen LogP contribution in [0.25, 0.3) is 0 Å². The Bertz CT molecular complexity index is 875. The van der Waals surface area contributed by atoms with Gasteiger partial charge in [0.2, 0.25) is 0 Å². The van der Waals surface area contributed by atoms with Gasteiger partial charge in [-0.1, -0.05) is 110 Å². The number of esters is 1. The molecule has 1 rings (SSSR count). The second-order valence-corrected chi connectivity index (χ2v) is 15.9. The molecule has 7 nitrogen and oxygen atoms in total. The zero-order valence-electron chi connectivity index (χ0n) is 34.2. The fraction of sp³-hybridized carbons (Fsp3) is 0.886. The Labute approximate surface area is 315 Å². The number of rotatable bonds is 36. The predicted molar refractivity (Wildman–Crippen MR) is 214 cm³/mol. The van der Waals surface area contributed by atoms with Gasteiger partial charge in [-0.15, -0.1) is 0 Å². The van der Waals surface area contributed by atoms with E-state index >= 15 is 0 Å². The Hall–Kier alpha value is -1.57. The minimum absolute atomic E-state index is 0.00588. The summed E-state index contributed by atoms with van der Waals surface area (Å²) in [5.41, 5.74) is 0. The van der Waals surface area contributed by atoms with Gasteiger partial charge in [-0.2, -0.15) is 0 Å². The van der Waals surface area contributed by atoms with Gasteiger partial charge in [-0.05, 0) is 97.3 Å². The summed E-state index contributed by atoms with van der Waals surface area (Å²) in [5, 5.41) is 0. The highest BCUT2D eigenvalue weighted by Crippen LogP contribution is 2.26. The minimum atomic E-state index is 0.00588. The summed E-state index contributed by atoms with van der Waals surface area (Å²) in [7, 11) is 3.99. The van der Waals surface area contributed by atoms with Crippen LogP contribution in [0.5, 0.6) is 0 Å². The van der Waals surface area contributed by atoms with Gasteiger partial charge in [0.15, 0.2) is 5.78 Å². The Morgan fingerprint density at radius 3 is 1.92 bits per heavy atom. The summed E-state index contributed by atoms with van der Waals surface area (Å²) in [6.45, 7) is 10.5. The van der Waals surface area contributed by atoms with Gasteiger partial charge in [0.25, 0.3) is 0 Å². The van der Waals surface area contributed by atoms with Crippen LogP contribution in [0.3, 0.4) is 0 Å². The summed E-state index contributed by atoms with van der Waals surface area (Å²) in [6.07, 6.45) is 32.7. The van der Waals surface area contributed by atoms with E-state index in [9.17, 15) is 14.4 Å². The third-order valence-corrected chi connectivity index (χ3v) is 10.4. The number of carbonyl (C=O) groups excluding carboxylic acids is 3. The van der Waals surface area contributed by atoms with Gasteiger partial charge in [0, 0.05) is 45.0 Å².